The minimum absolute atomic E-state index is 0.0115. The molecule has 0 bridgehead atoms. The Morgan fingerprint density at radius 3 is 2.77 bits per heavy atom. The Morgan fingerprint density at radius 2 is 2.15 bits per heavy atom. The van der Waals surface area contributed by atoms with Crippen molar-refractivity contribution in [2.45, 2.75) is 45.9 Å². The molecule has 1 N–H and O–H groups in total. The number of nitrogens with zero attached hydrogens (tertiary/aromatic N) is 3. The van der Waals surface area contributed by atoms with Crippen molar-refractivity contribution in [1.29, 1.82) is 0 Å². The first-order valence-corrected chi connectivity index (χ1v) is 9.00. The number of rotatable bonds is 2. The maximum Gasteiger partial charge on any atom is 0.410 e. The molecular weight excluding hydrogens is 358 g/mol. The molecule has 1 atom stereocenters. The van der Waals surface area contributed by atoms with Crippen LogP contribution in [0.1, 0.15) is 33.3 Å². The first kappa shape index (κ1) is 18.8. The molecule has 142 valence electrons. The van der Waals surface area contributed by atoms with Crippen LogP contribution in [-0.4, -0.2) is 52.4 Å². The van der Waals surface area contributed by atoms with Gasteiger partial charge < -0.3 is 24.1 Å². The highest BCUT2D eigenvalue weighted by atomic mass is 35.5. The second kappa shape index (κ2) is 6.96. The Labute approximate surface area is 157 Å². The van der Waals surface area contributed by atoms with Gasteiger partial charge in [-0.05, 0) is 39.8 Å². The third-order valence-electron chi connectivity index (χ3n) is 4.22. The monoisotopic (exact) mass is 381 g/mol. The number of benzene rings is 1. The predicted octanol–water partition coefficient (Wildman–Crippen LogP) is 3.42. The summed E-state index contributed by atoms with van der Waals surface area (Å²) in [6.07, 6.45) is -0.309. The van der Waals surface area contributed by atoms with Crippen molar-refractivity contribution in [2.75, 3.05) is 24.5 Å². The van der Waals surface area contributed by atoms with E-state index in [0.717, 1.165) is 0 Å². The number of aliphatic hydroxyl groups is 1. The molecule has 1 unspecified atom stereocenters. The lowest BCUT2D eigenvalue weighted by Crippen LogP contribution is -2.54. The summed E-state index contributed by atoms with van der Waals surface area (Å²) in [6.45, 7) is 9.01. The van der Waals surface area contributed by atoms with E-state index in [9.17, 15) is 9.90 Å². The van der Waals surface area contributed by atoms with E-state index in [2.05, 4.69) is 4.98 Å². The number of oxazole rings is 1. The van der Waals surface area contributed by atoms with Crippen LogP contribution in [0.15, 0.2) is 16.5 Å². The zero-order valence-corrected chi connectivity index (χ0v) is 16.2. The number of carbonyl (C=O) groups excluding carboxylic acids is 1. The molecule has 1 saturated heterocycles. The van der Waals surface area contributed by atoms with Gasteiger partial charge in [0, 0.05) is 36.3 Å². The summed E-state index contributed by atoms with van der Waals surface area (Å²) in [5, 5.41) is 10.0. The van der Waals surface area contributed by atoms with Gasteiger partial charge in [-0.25, -0.2) is 4.79 Å². The predicted molar refractivity (Wildman–Crippen MR) is 99.6 cm³/mol. The van der Waals surface area contributed by atoms with Crippen LogP contribution in [-0.2, 0) is 11.3 Å². The zero-order valence-electron chi connectivity index (χ0n) is 15.5. The van der Waals surface area contributed by atoms with Crippen LogP contribution in [0.5, 0.6) is 0 Å². The van der Waals surface area contributed by atoms with Gasteiger partial charge in [-0.1, -0.05) is 11.6 Å². The second-order valence-corrected chi connectivity index (χ2v) is 7.97. The molecule has 1 amide bonds. The van der Waals surface area contributed by atoms with E-state index in [4.69, 9.17) is 20.8 Å². The number of fused-ring (bicyclic) bond motifs is 1. The third-order valence-corrected chi connectivity index (χ3v) is 4.43. The number of piperazine rings is 1. The summed E-state index contributed by atoms with van der Waals surface area (Å²) in [7, 11) is 0. The van der Waals surface area contributed by atoms with Gasteiger partial charge in [0.15, 0.2) is 5.58 Å². The molecule has 7 nitrogen and oxygen atoms in total. The van der Waals surface area contributed by atoms with E-state index >= 15 is 0 Å². The molecule has 8 heteroatoms. The number of hydrogen-bond acceptors (Lipinski definition) is 6. The van der Waals surface area contributed by atoms with E-state index in [1.165, 1.54) is 0 Å². The summed E-state index contributed by atoms with van der Waals surface area (Å²) in [6, 6.07) is 3.86. The summed E-state index contributed by atoms with van der Waals surface area (Å²) in [5.41, 5.74) is 1.23. The van der Waals surface area contributed by atoms with Crippen molar-refractivity contribution in [3.8, 4) is 0 Å². The van der Waals surface area contributed by atoms with Gasteiger partial charge in [0.25, 0.3) is 6.01 Å². The van der Waals surface area contributed by atoms with Gasteiger partial charge >= 0.3 is 6.09 Å². The fraction of sp³-hybridized carbons (Fsp3) is 0.556. The zero-order chi connectivity index (χ0) is 19.1. The number of amides is 1. The second-order valence-electron chi connectivity index (χ2n) is 7.54. The Balaban J connectivity index is 1.78. The molecule has 1 aliphatic rings. The van der Waals surface area contributed by atoms with E-state index in [-0.39, 0.29) is 18.7 Å². The van der Waals surface area contributed by atoms with E-state index in [0.29, 0.717) is 47.3 Å². The van der Waals surface area contributed by atoms with Crippen LogP contribution in [0.4, 0.5) is 10.8 Å². The molecule has 0 saturated carbocycles. The number of aromatic nitrogens is 1. The van der Waals surface area contributed by atoms with Crippen LogP contribution < -0.4 is 4.90 Å². The minimum atomic E-state index is -0.516. The minimum Gasteiger partial charge on any atom is -0.444 e. The topological polar surface area (TPSA) is 79.0 Å². The summed E-state index contributed by atoms with van der Waals surface area (Å²) in [5.74, 6) is 0. The molecule has 0 spiro atoms. The molecule has 3 rings (SSSR count). The summed E-state index contributed by atoms with van der Waals surface area (Å²) in [4.78, 5) is 20.5. The molecule has 0 aliphatic carbocycles. The van der Waals surface area contributed by atoms with Gasteiger partial charge in [-0.2, -0.15) is 4.98 Å². The SMILES string of the molecule is CC1CN(C(=O)OC(C)(C)C)CCN1c1nc2cc(Cl)cc(CO)c2o1. The maximum atomic E-state index is 12.3. The number of carbonyl (C=O) groups is 1. The van der Waals surface area contributed by atoms with Crippen molar-refractivity contribution < 1.29 is 19.1 Å². The first-order valence-electron chi connectivity index (χ1n) is 8.62. The van der Waals surface area contributed by atoms with Crippen molar-refractivity contribution >= 4 is 34.8 Å². The number of ether oxygens (including phenoxy) is 1. The molecule has 2 heterocycles. The smallest absolute Gasteiger partial charge is 0.410 e. The number of hydrogen-bond donors (Lipinski definition) is 1. The standard InChI is InChI=1S/C18H24ClN3O4/c1-11-9-21(17(24)26-18(2,3)4)5-6-22(11)16-20-14-8-13(19)7-12(10-23)15(14)25-16/h7-8,11,23H,5-6,9-10H2,1-4H3. The Hall–Kier alpha value is -1.99. The fourth-order valence-corrected chi connectivity index (χ4v) is 3.26. The number of anilines is 1. The lowest BCUT2D eigenvalue weighted by Gasteiger charge is -2.39. The van der Waals surface area contributed by atoms with Gasteiger partial charge in [0.05, 0.1) is 6.61 Å². The van der Waals surface area contributed by atoms with Crippen LogP contribution in [0.3, 0.4) is 0 Å². The average molecular weight is 382 g/mol. The van der Waals surface area contributed by atoms with Crippen molar-refractivity contribution in [3.05, 3.63) is 22.7 Å². The highest BCUT2D eigenvalue weighted by Gasteiger charge is 2.32. The number of aliphatic hydroxyl groups excluding tert-OH is 1. The molecule has 1 aromatic carbocycles. The van der Waals surface area contributed by atoms with Crippen LogP contribution in [0.2, 0.25) is 5.02 Å². The van der Waals surface area contributed by atoms with Crippen molar-refractivity contribution in [1.82, 2.24) is 9.88 Å². The van der Waals surface area contributed by atoms with Gasteiger partial charge in [0.2, 0.25) is 0 Å². The van der Waals surface area contributed by atoms with Gasteiger partial charge in [-0.15, -0.1) is 0 Å². The highest BCUT2D eigenvalue weighted by Crippen LogP contribution is 2.30. The molecular formula is C18H24ClN3O4. The third kappa shape index (κ3) is 3.88. The van der Waals surface area contributed by atoms with E-state index < -0.39 is 5.60 Å². The molecule has 2 aromatic rings. The maximum absolute atomic E-state index is 12.3. The lowest BCUT2D eigenvalue weighted by atomic mass is 10.2. The normalized spacial score (nSPS) is 18.5. The van der Waals surface area contributed by atoms with Crippen LogP contribution in [0, 0.1) is 0 Å². The van der Waals surface area contributed by atoms with E-state index in [1.807, 2.05) is 32.6 Å². The Bertz CT molecular complexity index is 815. The number of halogens is 1. The van der Waals surface area contributed by atoms with Crippen LogP contribution >= 0.6 is 11.6 Å². The molecule has 26 heavy (non-hydrogen) atoms. The summed E-state index contributed by atoms with van der Waals surface area (Å²) < 4.78 is 11.3. The van der Waals surface area contributed by atoms with E-state index in [1.54, 1.807) is 17.0 Å². The Kier molecular flexibility index (Phi) is 5.03. The Morgan fingerprint density at radius 1 is 1.42 bits per heavy atom. The summed E-state index contributed by atoms with van der Waals surface area (Å²) >= 11 is 6.07. The highest BCUT2D eigenvalue weighted by molar-refractivity contribution is 6.31. The largest absolute Gasteiger partial charge is 0.444 e. The van der Waals surface area contributed by atoms with Crippen molar-refractivity contribution in [3.63, 3.8) is 0 Å². The first-order chi connectivity index (χ1) is 12.2. The lowest BCUT2D eigenvalue weighted by molar-refractivity contribution is 0.0216. The molecule has 1 aromatic heterocycles. The average Bonchev–Trinajstić information content (AvgIpc) is 2.95. The molecule has 1 fully saturated rings. The molecule has 1 aliphatic heterocycles. The quantitative estimate of drug-likeness (QED) is 0.858. The molecule has 0 radical (unpaired) electrons. The van der Waals surface area contributed by atoms with Gasteiger partial charge in [0.1, 0.15) is 11.1 Å². The van der Waals surface area contributed by atoms with Gasteiger partial charge in [-0.3, -0.25) is 0 Å². The van der Waals surface area contributed by atoms with Crippen LogP contribution in [0.25, 0.3) is 11.1 Å². The van der Waals surface area contributed by atoms with Crippen molar-refractivity contribution in [2.24, 2.45) is 0 Å². The fourth-order valence-electron chi connectivity index (χ4n) is 3.03.